The normalized spacial score (nSPS) is 28.2. The van der Waals surface area contributed by atoms with Crippen LogP contribution < -0.4 is 11.1 Å². The lowest BCUT2D eigenvalue weighted by atomic mass is 9.95. The molecule has 3 N–H and O–H groups in total. The summed E-state index contributed by atoms with van der Waals surface area (Å²) in [5, 5.41) is 2.71. The van der Waals surface area contributed by atoms with Crippen molar-refractivity contribution in [3.05, 3.63) is 0 Å². The first-order valence-corrected chi connectivity index (χ1v) is 4.98. The first kappa shape index (κ1) is 9.45. The van der Waals surface area contributed by atoms with Crippen LogP contribution in [0.3, 0.4) is 0 Å². The fourth-order valence-corrected chi connectivity index (χ4v) is 1.89. The van der Waals surface area contributed by atoms with Crippen LogP contribution in [-0.4, -0.2) is 42.4 Å². The summed E-state index contributed by atoms with van der Waals surface area (Å²) in [5.41, 5.74) is 5.59. The second kappa shape index (κ2) is 3.57. The van der Waals surface area contributed by atoms with Crippen molar-refractivity contribution in [3.8, 4) is 0 Å². The van der Waals surface area contributed by atoms with E-state index in [4.69, 9.17) is 5.73 Å². The molecule has 2 rings (SSSR count). The van der Waals surface area contributed by atoms with Crippen LogP contribution in [0.25, 0.3) is 0 Å². The van der Waals surface area contributed by atoms with Gasteiger partial charge in [0.05, 0.1) is 5.92 Å². The van der Waals surface area contributed by atoms with Gasteiger partial charge in [-0.15, -0.1) is 0 Å². The lowest BCUT2D eigenvalue weighted by Gasteiger charge is -2.39. The Hall–Kier alpha value is -1.10. The van der Waals surface area contributed by atoms with Gasteiger partial charge in [0.2, 0.25) is 11.8 Å². The molecule has 2 aliphatic rings. The summed E-state index contributed by atoms with van der Waals surface area (Å²) in [7, 11) is 0. The van der Waals surface area contributed by atoms with E-state index in [-0.39, 0.29) is 23.8 Å². The van der Waals surface area contributed by atoms with Crippen molar-refractivity contribution in [3.63, 3.8) is 0 Å². The molecule has 0 aliphatic carbocycles. The van der Waals surface area contributed by atoms with Gasteiger partial charge in [0, 0.05) is 32.1 Å². The van der Waals surface area contributed by atoms with Gasteiger partial charge in [0.15, 0.2) is 0 Å². The minimum atomic E-state index is -0.0276. The molecule has 0 saturated carbocycles. The molecule has 2 aliphatic heterocycles. The van der Waals surface area contributed by atoms with Crippen LogP contribution in [0.2, 0.25) is 0 Å². The van der Waals surface area contributed by atoms with Crippen LogP contribution in [0.5, 0.6) is 0 Å². The van der Waals surface area contributed by atoms with E-state index in [1.54, 1.807) is 4.90 Å². The Bertz CT molecular complexity index is 251. The van der Waals surface area contributed by atoms with Crippen LogP contribution in [0.1, 0.15) is 12.8 Å². The third kappa shape index (κ3) is 1.72. The number of nitrogens with zero attached hydrogens (tertiary/aromatic N) is 1. The number of likely N-dealkylation sites (tertiary alicyclic amines) is 1. The highest BCUT2D eigenvalue weighted by Gasteiger charge is 2.33. The van der Waals surface area contributed by atoms with Crippen molar-refractivity contribution in [2.24, 2.45) is 11.7 Å². The number of nitrogens with two attached hydrogens (primary N) is 1. The quantitative estimate of drug-likeness (QED) is 0.547. The fourth-order valence-electron chi connectivity index (χ4n) is 1.89. The van der Waals surface area contributed by atoms with E-state index in [2.05, 4.69) is 5.32 Å². The van der Waals surface area contributed by atoms with Gasteiger partial charge in [-0.25, -0.2) is 0 Å². The summed E-state index contributed by atoms with van der Waals surface area (Å²) in [6, 6.07) is 0.150. The Morgan fingerprint density at radius 2 is 2.21 bits per heavy atom. The molecule has 1 atom stereocenters. The van der Waals surface area contributed by atoms with Crippen molar-refractivity contribution < 1.29 is 9.59 Å². The van der Waals surface area contributed by atoms with Crippen molar-refractivity contribution in [2.75, 3.05) is 19.6 Å². The summed E-state index contributed by atoms with van der Waals surface area (Å²) in [4.78, 5) is 24.4. The Kier molecular flexibility index (Phi) is 2.41. The summed E-state index contributed by atoms with van der Waals surface area (Å²) in [6.07, 6.45) is 1.15. The van der Waals surface area contributed by atoms with Gasteiger partial charge in [-0.3, -0.25) is 9.59 Å². The maximum absolute atomic E-state index is 11.8. The molecular formula is C9H15N3O2. The third-order valence-corrected chi connectivity index (χ3v) is 2.84. The molecule has 78 valence electrons. The predicted octanol–water partition coefficient (Wildman–Crippen LogP) is -1.32. The Morgan fingerprint density at radius 1 is 1.50 bits per heavy atom. The van der Waals surface area contributed by atoms with E-state index in [9.17, 15) is 9.59 Å². The number of hydrogen-bond acceptors (Lipinski definition) is 3. The topological polar surface area (TPSA) is 75.4 Å². The molecule has 0 spiro atoms. The number of nitrogens with one attached hydrogen (secondary N) is 1. The third-order valence-electron chi connectivity index (χ3n) is 2.84. The molecule has 2 heterocycles. The van der Waals surface area contributed by atoms with Gasteiger partial charge in [-0.05, 0) is 6.42 Å². The zero-order valence-electron chi connectivity index (χ0n) is 8.03. The first-order chi connectivity index (χ1) is 6.66. The largest absolute Gasteiger partial charge is 0.355 e. The van der Waals surface area contributed by atoms with Crippen LogP contribution in [0, 0.1) is 5.92 Å². The second-order valence-electron chi connectivity index (χ2n) is 4.04. The van der Waals surface area contributed by atoms with E-state index in [0.717, 1.165) is 0 Å². The fraction of sp³-hybridized carbons (Fsp3) is 0.778. The number of carbonyl (C=O) groups is 2. The molecule has 14 heavy (non-hydrogen) atoms. The van der Waals surface area contributed by atoms with Crippen LogP contribution in [-0.2, 0) is 9.59 Å². The van der Waals surface area contributed by atoms with E-state index >= 15 is 0 Å². The molecule has 2 fully saturated rings. The van der Waals surface area contributed by atoms with Gasteiger partial charge >= 0.3 is 0 Å². The highest BCUT2D eigenvalue weighted by atomic mass is 16.2. The van der Waals surface area contributed by atoms with Crippen molar-refractivity contribution in [1.82, 2.24) is 10.2 Å². The standard InChI is InChI=1S/C9H15N3O2/c10-7-4-12(5-7)9(14)6-1-2-8(13)11-3-6/h6-7H,1-5,10H2,(H,11,13). The summed E-state index contributed by atoms with van der Waals surface area (Å²) in [5.74, 6) is 0.168. The molecule has 0 aromatic carbocycles. The monoisotopic (exact) mass is 197 g/mol. The van der Waals surface area contributed by atoms with Gasteiger partial charge in [0.25, 0.3) is 0 Å². The van der Waals surface area contributed by atoms with E-state index in [0.29, 0.717) is 32.5 Å². The predicted molar refractivity (Wildman–Crippen MR) is 50.3 cm³/mol. The lowest BCUT2D eigenvalue weighted by Crippen LogP contribution is -2.60. The summed E-state index contributed by atoms with van der Waals surface area (Å²) >= 11 is 0. The van der Waals surface area contributed by atoms with Crippen LogP contribution in [0.4, 0.5) is 0 Å². The minimum absolute atomic E-state index is 0.0276. The first-order valence-electron chi connectivity index (χ1n) is 4.98. The van der Waals surface area contributed by atoms with Crippen molar-refractivity contribution in [1.29, 1.82) is 0 Å². The van der Waals surface area contributed by atoms with E-state index in [1.807, 2.05) is 0 Å². The van der Waals surface area contributed by atoms with Gasteiger partial charge in [0.1, 0.15) is 0 Å². The SMILES string of the molecule is NC1CN(C(=O)C2CCC(=O)NC2)C1. The maximum Gasteiger partial charge on any atom is 0.227 e. The highest BCUT2D eigenvalue weighted by molar-refractivity contribution is 5.84. The molecule has 2 amide bonds. The Morgan fingerprint density at radius 3 is 2.71 bits per heavy atom. The molecular weight excluding hydrogens is 182 g/mol. The summed E-state index contributed by atoms with van der Waals surface area (Å²) < 4.78 is 0. The number of carbonyl (C=O) groups excluding carboxylic acids is 2. The van der Waals surface area contributed by atoms with Crippen molar-refractivity contribution >= 4 is 11.8 Å². The number of hydrogen-bond donors (Lipinski definition) is 2. The van der Waals surface area contributed by atoms with E-state index in [1.165, 1.54) is 0 Å². The van der Waals surface area contributed by atoms with Crippen molar-refractivity contribution in [2.45, 2.75) is 18.9 Å². The number of amides is 2. The van der Waals surface area contributed by atoms with Gasteiger partial charge in [-0.1, -0.05) is 0 Å². The maximum atomic E-state index is 11.8. The van der Waals surface area contributed by atoms with Crippen LogP contribution >= 0.6 is 0 Å². The zero-order chi connectivity index (χ0) is 10.1. The molecule has 0 bridgehead atoms. The molecule has 0 aromatic heterocycles. The minimum Gasteiger partial charge on any atom is -0.355 e. The van der Waals surface area contributed by atoms with Gasteiger partial charge in [-0.2, -0.15) is 0 Å². The molecule has 1 unspecified atom stereocenters. The molecule has 5 heteroatoms. The smallest absolute Gasteiger partial charge is 0.227 e. The molecule has 0 aromatic rings. The van der Waals surface area contributed by atoms with Crippen LogP contribution in [0.15, 0.2) is 0 Å². The second-order valence-corrected chi connectivity index (χ2v) is 4.04. The lowest BCUT2D eigenvalue weighted by molar-refractivity contribution is -0.141. The number of rotatable bonds is 1. The zero-order valence-corrected chi connectivity index (χ0v) is 8.03. The highest BCUT2D eigenvalue weighted by Crippen LogP contribution is 2.17. The molecule has 2 saturated heterocycles. The number of piperidine rings is 1. The Balaban J connectivity index is 1.83. The van der Waals surface area contributed by atoms with Gasteiger partial charge < -0.3 is 16.0 Å². The van der Waals surface area contributed by atoms with E-state index < -0.39 is 0 Å². The average Bonchev–Trinajstić information content (AvgIpc) is 2.13. The Labute approximate surface area is 82.6 Å². The average molecular weight is 197 g/mol. The summed E-state index contributed by atoms with van der Waals surface area (Å²) in [6.45, 7) is 1.83. The molecule has 5 nitrogen and oxygen atoms in total. The molecule has 0 radical (unpaired) electrons.